The minimum absolute atomic E-state index is 0.00918. The summed E-state index contributed by atoms with van der Waals surface area (Å²) in [6, 6.07) is 3.65. The van der Waals surface area contributed by atoms with Crippen molar-refractivity contribution in [3.63, 3.8) is 0 Å². The predicted octanol–water partition coefficient (Wildman–Crippen LogP) is 5.13. The van der Waals surface area contributed by atoms with Gasteiger partial charge in [0.1, 0.15) is 11.9 Å². The van der Waals surface area contributed by atoms with Crippen LogP contribution >= 0.6 is 0 Å². The van der Waals surface area contributed by atoms with Crippen LogP contribution in [0.25, 0.3) is 10.9 Å². The smallest absolute Gasteiger partial charge is 0.398 e. The average molecular weight is 392 g/mol. The van der Waals surface area contributed by atoms with Gasteiger partial charge in [-0.2, -0.15) is 18.2 Å². The lowest BCUT2D eigenvalue weighted by Gasteiger charge is -2.14. The van der Waals surface area contributed by atoms with Gasteiger partial charge in [0.2, 0.25) is 5.89 Å². The van der Waals surface area contributed by atoms with E-state index >= 15 is 0 Å². The highest BCUT2D eigenvalue weighted by Gasteiger charge is 2.36. The molecule has 0 radical (unpaired) electrons. The topological polar surface area (TPSA) is 69.9 Å². The zero-order chi connectivity index (χ0) is 20.1. The maximum Gasteiger partial charge on any atom is 0.419 e. The SMILES string of the molecule is CC(c1nc(C2C=CC(F)=CC2)no1)n1ccc2c(C(F)(F)F)c(N)ccc21. The molecule has 2 N–H and O–H groups in total. The number of benzene rings is 1. The van der Waals surface area contributed by atoms with Crippen molar-refractivity contribution in [1.82, 2.24) is 14.7 Å². The number of fused-ring (bicyclic) bond motifs is 1. The molecular formula is C19H16F4N4O. The van der Waals surface area contributed by atoms with Crippen molar-refractivity contribution in [2.24, 2.45) is 0 Å². The molecule has 1 aliphatic rings. The first-order valence-corrected chi connectivity index (χ1v) is 8.59. The van der Waals surface area contributed by atoms with Crippen molar-refractivity contribution in [3.8, 4) is 0 Å². The summed E-state index contributed by atoms with van der Waals surface area (Å²) in [4.78, 5) is 4.36. The van der Waals surface area contributed by atoms with Crippen molar-refractivity contribution in [3.05, 3.63) is 65.7 Å². The molecule has 0 saturated heterocycles. The lowest BCUT2D eigenvalue weighted by molar-refractivity contribution is -0.135. The van der Waals surface area contributed by atoms with E-state index in [1.54, 1.807) is 17.6 Å². The fourth-order valence-electron chi connectivity index (χ4n) is 3.38. The average Bonchev–Trinajstić information content (AvgIpc) is 3.27. The molecule has 0 fully saturated rings. The van der Waals surface area contributed by atoms with E-state index in [2.05, 4.69) is 10.1 Å². The second kappa shape index (κ2) is 6.50. The quantitative estimate of drug-likeness (QED) is 0.495. The fourth-order valence-corrected chi connectivity index (χ4v) is 3.38. The molecule has 2 aromatic heterocycles. The van der Waals surface area contributed by atoms with E-state index in [-0.39, 0.29) is 28.7 Å². The van der Waals surface area contributed by atoms with Gasteiger partial charge < -0.3 is 14.8 Å². The third-order valence-corrected chi connectivity index (χ3v) is 4.84. The Bertz CT molecular complexity index is 1090. The summed E-state index contributed by atoms with van der Waals surface area (Å²) >= 11 is 0. The van der Waals surface area contributed by atoms with E-state index in [0.29, 0.717) is 17.8 Å². The lowest BCUT2D eigenvalue weighted by Crippen LogP contribution is -2.10. The minimum Gasteiger partial charge on any atom is -0.398 e. The number of rotatable bonds is 3. The van der Waals surface area contributed by atoms with Crippen LogP contribution in [0.4, 0.5) is 23.2 Å². The first-order valence-electron chi connectivity index (χ1n) is 8.59. The van der Waals surface area contributed by atoms with E-state index in [4.69, 9.17) is 10.3 Å². The molecule has 2 atom stereocenters. The third kappa shape index (κ3) is 3.06. The number of anilines is 1. The van der Waals surface area contributed by atoms with Gasteiger partial charge in [-0.15, -0.1) is 0 Å². The number of nitrogen functional groups attached to an aromatic ring is 1. The van der Waals surface area contributed by atoms with Crippen molar-refractivity contribution in [2.45, 2.75) is 31.5 Å². The molecule has 5 nitrogen and oxygen atoms in total. The fraction of sp³-hybridized carbons (Fsp3) is 0.263. The molecule has 0 amide bonds. The second-order valence-corrected chi connectivity index (χ2v) is 6.64. The van der Waals surface area contributed by atoms with Crippen molar-refractivity contribution < 1.29 is 22.1 Å². The molecule has 0 bridgehead atoms. The minimum atomic E-state index is -4.56. The van der Waals surface area contributed by atoms with Crippen LogP contribution in [0.15, 0.2) is 53.0 Å². The summed E-state index contributed by atoms with van der Waals surface area (Å²) in [6.07, 6.45) is 1.82. The number of hydrogen-bond acceptors (Lipinski definition) is 4. The molecular weight excluding hydrogens is 376 g/mol. The largest absolute Gasteiger partial charge is 0.419 e. The van der Waals surface area contributed by atoms with Crippen molar-refractivity contribution in [2.75, 3.05) is 5.73 Å². The van der Waals surface area contributed by atoms with Gasteiger partial charge in [-0.25, -0.2) is 4.39 Å². The van der Waals surface area contributed by atoms with E-state index in [1.807, 2.05) is 0 Å². The summed E-state index contributed by atoms with van der Waals surface area (Å²) in [7, 11) is 0. The Kier molecular flexibility index (Phi) is 4.24. The van der Waals surface area contributed by atoms with Crippen LogP contribution in [-0.4, -0.2) is 14.7 Å². The van der Waals surface area contributed by atoms with Crippen molar-refractivity contribution >= 4 is 16.6 Å². The van der Waals surface area contributed by atoms with Crippen LogP contribution in [0.1, 0.15) is 42.6 Å². The molecule has 2 heterocycles. The van der Waals surface area contributed by atoms with Gasteiger partial charge in [-0.3, -0.25) is 0 Å². The van der Waals surface area contributed by atoms with E-state index in [9.17, 15) is 17.6 Å². The summed E-state index contributed by atoms with van der Waals surface area (Å²) < 4.78 is 60.2. The summed E-state index contributed by atoms with van der Waals surface area (Å²) in [6.45, 7) is 1.75. The van der Waals surface area contributed by atoms with Crippen LogP contribution < -0.4 is 5.73 Å². The number of hydrogen-bond donors (Lipinski definition) is 1. The predicted molar refractivity (Wildman–Crippen MR) is 95.2 cm³/mol. The first kappa shape index (κ1) is 18.3. The van der Waals surface area contributed by atoms with Crippen LogP contribution in [0.3, 0.4) is 0 Å². The van der Waals surface area contributed by atoms with Gasteiger partial charge in [-0.1, -0.05) is 11.2 Å². The van der Waals surface area contributed by atoms with Gasteiger partial charge >= 0.3 is 6.18 Å². The van der Waals surface area contributed by atoms with Crippen LogP contribution in [0.2, 0.25) is 0 Å². The van der Waals surface area contributed by atoms with E-state index < -0.39 is 17.8 Å². The molecule has 1 aromatic carbocycles. The Morgan fingerprint density at radius 2 is 2.07 bits per heavy atom. The number of nitrogens with two attached hydrogens (primary N) is 1. The second-order valence-electron chi connectivity index (χ2n) is 6.64. The van der Waals surface area contributed by atoms with Gasteiger partial charge in [0.15, 0.2) is 5.82 Å². The van der Waals surface area contributed by atoms with E-state index in [1.165, 1.54) is 36.5 Å². The number of aromatic nitrogens is 3. The maximum atomic E-state index is 13.4. The van der Waals surface area contributed by atoms with Gasteiger partial charge in [0, 0.05) is 28.7 Å². The molecule has 3 aromatic rings. The van der Waals surface area contributed by atoms with Gasteiger partial charge in [-0.05, 0) is 43.7 Å². The Balaban J connectivity index is 1.69. The van der Waals surface area contributed by atoms with Gasteiger partial charge in [0.05, 0.1) is 5.56 Å². The van der Waals surface area contributed by atoms with Crippen molar-refractivity contribution in [1.29, 1.82) is 0 Å². The molecule has 28 heavy (non-hydrogen) atoms. The maximum absolute atomic E-state index is 13.4. The molecule has 9 heteroatoms. The first-order chi connectivity index (χ1) is 13.3. The standard InChI is InChI=1S/C19H16F4N4O/c1-10(18-25-17(26-28-18)11-2-4-12(20)5-3-11)27-9-8-13-15(27)7-6-14(24)16(13)19(21,22)23/h2,4-11H,3,24H2,1H3. The highest BCUT2D eigenvalue weighted by atomic mass is 19.4. The molecule has 1 aliphatic carbocycles. The summed E-state index contributed by atoms with van der Waals surface area (Å²) in [5.74, 6) is 0.133. The molecule has 146 valence electrons. The Morgan fingerprint density at radius 1 is 1.29 bits per heavy atom. The van der Waals surface area contributed by atoms with Gasteiger partial charge in [0.25, 0.3) is 0 Å². The zero-order valence-electron chi connectivity index (χ0n) is 14.7. The highest BCUT2D eigenvalue weighted by Crippen LogP contribution is 2.40. The molecule has 0 saturated carbocycles. The third-order valence-electron chi connectivity index (χ3n) is 4.84. The normalized spacial score (nSPS) is 18.5. The van der Waals surface area contributed by atoms with E-state index in [0.717, 1.165) is 0 Å². The molecule has 0 spiro atoms. The van der Waals surface area contributed by atoms with Crippen LogP contribution in [0, 0.1) is 0 Å². The molecule has 4 rings (SSSR count). The molecule has 2 unspecified atom stereocenters. The lowest BCUT2D eigenvalue weighted by atomic mass is 10.00. The summed E-state index contributed by atoms with van der Waals surface area (Å²) in [5.41, 5.74) is 4.73. The van der Waals surface area contributed by atoms with Crippen LogP contribution in [-0.2, 0) is 6.18 Å². The number of halogens is 4. The molecule has 0 aliphatic heterocycles. The summed E-state index contributed by atoms with van der Waals surface area (Å²) in [5, 5.41) is 3.95. The Morgan fingerprint density at radius 3 is 2.75 bits per heavy atom. The number of alkyl halides is 3. The monoisotopic (exact) mass is 392 g/mol. The Hall–Kier alpha value is -3.10. The Labute approximate surface area is 157 Å². The highest BCUT2D eigenvalue weighted by molar-refractivity contribution is 5.88. The number of nitrogens with zero attached hydrogens (tertiary/aromatic N) is 3. The van der Waals surface area contributed by atoms with Crippen LogP contribution in [0.5, 0.6) is 0 Å². The zero-order valence-corrected chi connectivity index (χ0v) is 14.7. The number of allylic oxidation sites excluding steroid dienone is 4.